The Labute approximate surface area is 114 Å². The molecule has 6 nitrogen and oxygen atoms in total. The van der Waals surface area contributed by atoms with Gasteiger partial charge in [-0.1, -0.05) is 35.8 Å². The molecule has 1 saturated carbocycles. The van der Waals surface area contributed by atoms with Gasteiger partial charge in [-0.05, 0) is 19.8 Å². The fourth-order valence-corrected chi connectivity index (χ4v) is 3.30. The van der Waals surface area contributed by atoms with Gasteiger partial charge < -0.3 is 0 Å². The Bertz CT molecular complexity index is 585. The molecule has 0 atom stereocenters. The van der Waals surface area contributed by atoms with Crippen molar-refractivity contribution < 1.29 is 4.79 Å². The first kappa shape index (κ1) is 12.4. The fraction of sp³-hybridized carbons (Fsp3) is 0.583. The van der Waals surface area contributed by atoms with Gasteiger partial charge in [0.05, 0.1) is 5.69 Å². The third-order valence-electron chi connectivity index (χ3n) is 3.53. The highest BCUT2D eigenvalue weighted by atomic mass is 32.1. The van der Waals surface area contributed by atoms with Gasteiger partial charge in [0.1, 0.15) is 10.7 Å². The molecule has 0 aliphatic heterocycles. The van der Waals surface area contributed by atoms with E-state index in [1.807, 2.05) is 6.92 Å². The molecule has 2 heterocycles. The topological polar surface area (TPSA) is 73.6 Å². The third-order valence-corrected chi connectivity index (χ3v) is 4.35. The van der Waals surface area contributed by atoms with Crippen molar-refractivity contribution in [1.82, 2.24) is 25.2 Å². The maximum absolute atomic E-state index is 11.2. The number of aromatic nitrogens is 5. The summed E-state index contributed by atoms with van der Waals surface area (Å²) < 4.78 is 1.70. The smallest absolute Gasteiger partial charge is 0.234 e. The molecule has 1 aliphatic carbocycles. The molecular formula is C12H15N5OS. The molecular weight excluding hydrogens is 262 g/mol. The zero-order valence-corrected chi connectivity index (χ0v) is 11.6. The van der Waals surface area contributed by atoms with Gasteiger partial charge in [-0.15, -0.1) is 15.3 Å². The molecule has 3 rings (SSSR count). The zero-order chi connectivity index (χ0) is 13.2. The second-order valence-electron chi connectivity index (χ2n) is 4.83. The lowest BCUT2D eigenvalue weighted by Crippen LogP contribution is -2.12. The van der Waals surface area contributed by atoms with E-state index >= 15 is 0 Å². The number of hydrogen-bond acceptors (Lipinski definition) is 6. The van der Waals surface area contributed by atoms with Crippen molar-refractivity contribution in [2.24, 2.45) is 0 Å². The minimum absolute atomic E-state index is 0.355. The van der Waals surface area contributed by atoms with Crippen molar-refractivity contribution in [2.75, 3.05) is 0 Å². The highest BCUT2D eigenvalue weighted by molar-refractivity contribution is 7.13. The molecule has 2 aromatic heterocycles. The minimum atomic E-state index is 0.355. The van der Waals surface area contributed by atoms with E-state index in [0.29, 0.717) is 16.7 Å². The van der Waals surface area contributed by atoms with Crippen LogP contribution in [-0.2, 0) is 0 Å². The molecule has 0 amide bonds. The molecule has 0 spiro atoms. The van der Waals surface area contributed by atoms with Crippen LogP contribution in [0.3, 0.4) is 0 Å². The van der Waals surface area contributed by atoms with E-state index in [1.54, 1.807) is 4.68 Å². The van der Waals surface area contributed by atoms with Crippen LogP contribution in [-0.4, -0.2) is 31.5 Å². The van der Waals surface area contributed by atoms with E-state index < -0.39 is 0 Å². The largest absolute Gasteiger partial charge is 0.296 e. The lowest BCUT2D eigenvalue weighted by molar-refractivity contribution is 0.111. The van der Waals surface area contributed by atoms with Crippen LogP contribution >= 0.6 is 11.3 Å². The summed E-state index contributed by atoms with van der Waals surface area (Å²) in [5, 5.41) is 17.8. The van der Waals surface area contributed by atoms with Crippen LogP contribution in [0, 0.1) is 6.92 Å². The minimum Gasteiger partial charge on any atom is -0.296 e. The normalized spacial score (nSPS) is 16.7. The number of carbonyl (C=O) groups excluding carboxylic acids is 1. The van der Waals surface area contributed by atoms with Crippen molar-refractivity contribution in [2.45, 2.75) is 44.9 Å². The Hall–Kier alpha value is -1.63. The summed E-state index contributed by atoms with van der Waals surface area (Å²) in [6, 6.07) is 0. The van der Waals surface area contributed by atoms with E-state index in [0.717, 1.165) is 29.8 Å². The van der Waals surface area contributed by atoms with Crippen LogP contribution in [0.2, 0.25) is 0 Å². The number of hydrogen-bond donors (Lipinski definition) is 0. The first-order valence-electron chi connectivity index (χ1n) is 6.51. The van der Waals surface area contributed by atoms with Crippen LogP contribution in [0.4, 0.5) is 0 Å². The molecule has 2 aromatic rings. The van der Waals surface area contributed by atoms with E-state index in [4.69, 9.17) is 0 Å². The standard InChI is InChI=1S/C12H15N5OS/c1-8-13-15-12(19-8)17-11(10(7-18)14-16-17)9-5-3-2-4-6-9/h7,9H,2-6H2,1H3. The van der Waals surface area contributed by atoms with Crippen molar-refractivity contribution in [1.29, 1.82) is 0 Å². The van der Waals surface area contributed by atoms with E-state index in [1.165, 1.54) is 30.6 Å². The van der Waals surface area contributed by atoms with Gasteiger partial charge >= 0.3 is 0 Å². The second kappa shape index (κ2) is 5.16. The second-order valence-corrected chi connectivity index (χ2v) is 5.99. The summed E-state index contributed by atoms with van der Waals surface area (Å²) in [6.07, 6.45) is 6.64. The Morgan fingerprint density at radius 3 is 2.63 bits per heavy atom. The van der Waals surface area contributed by atoms with Gasteiger partial charge in [0.15, 0.2) is 6.29 Å². The summed E-state index contributed by atoms with van der Waals surface area (Å²) in [5.41, 5.74) is 1.35. The van der Waals surface area contributed by atoms with Crippen molar-refractivity contribution in [3.05, 3.63) is 16.4 Å². The SMILES string of the molecule is Cc1nnc(-n2nnc(C=O)c2C2CCCCC2)s1. The summed E-state index contributed by atoms with van der Waals surface area (Å²) >= 11 is 1.47. The van der Waals surface area contributed by atoms with Crippen molar-refractivity contribution >= 4 is 17.6 Å². The molecule has 19 heavy (non-hydrogen) atoms. The molecule has 1 fully saturated rings. The number of carbonyl (C=O) groups is 1. The average Bonchev–Trinajstić information content (AvgIpc) is 3.05. The van der Waals surface area contributed by atoms with Gasteiger partial charge in [-0.3, -0.25) is 4.79 Å². The molecule has 0 saturated heterocycles. The number of rotatable bonds is 3. The maximum atomic E-state index is 11.2. The van der Waals surface area contributed by atoms with Gasteiger partial charge in [-0.2, -0.15) is 4.68 Å². The highest BCUT2D eigenvalue weighted by Crippen LogP contribution is 2.34. The predicted octanol–water partition coefficient (Wildman–Crippen LogP) is 2.29. The Morgan fingerprint density at radius 1 is 1.21 bits per heavy atom. The van der Waals surface area contributed by atoms with Crippen LogP contribution < -0.4 is 0 Å². The predicted molar refractivity (Wildman–Crippen MR) is 70.8 cm³/mol. The van der Waals surface area contributed by atoms with E-state index in [2.05, 4.69) is 20.5 Å². The molecule has 0 unspecified atom stereocenters. The first-order chi connectivity index (χ1) is 9.29. The molecule has 7 heteroatoms. The van der Waals surface area contributed by atoms with Gasteiger partial charge in [0.2, 0.25) is 5.13 Å². The van der Waals surface area contributed by atoms with Gasteiger partial charge in [0, 0.05) is 5.92 Å². The highest BCUT2D eigenvalue weighted by Gasteiger charge is 2.26. The van der Waals surface area contributed by atoms with Crippen molar-refractivity contribution in [3.63, 3.8) is 0 Å². The fourth-order valence-electron chi connectivity index (χ4n) is 2.66. The van der Waals surface area contributed by atoms with Crippen LogP contribution in [0.1, 0.15) is 59.2 Å². The first-order valence-corrected chi connectivity index (χ1v) is 7.32. The average molecular weight is 277 g/mol. The number of aryl methyl sites for hydroxylation is 1. The Balaban J connectivity index is 2.04. The summed E-state index contributed by atoms with van der Waals surface area (Å²) in [7, 11) is 0. The molecule has 0 bridgehead atoms. The lowest BCUT2D eigenvalue weighted by atomic mass is 9.86. The molecule has 0 N–H and O–H groups in total. The van der Waals surface area contributed by atoms with Crippen LogP contribution in [0.25, 0.3) is 5.13 Å². The van der Waals surface area contributed by atoms with Crippen LogP contribution in [0.5, 0.6) is 0 Å². The van der Waals surface area contributed by atoms with E-state index in [-0.39, 0.29) is 0 Å². The third kappa shape index (κ3) is 2.30. The number of aldehydes is 1. The summed E-state index contributed by atoms with van der Waals surface area (Å²) in [5.74, 6) is 0.355. The molecule has 0 radical (unpaired) electrons. The summed E-state index contributed by atoms with van der Waals surface area (Å²) in [6.45, 7) is 1.90. The summed E-state index contributed by atoms with van der Waals surface area (Å²) in [4.78, 5) is 11.2. The van der Waals surface area contributed by atoms with Crippen molar-refractivity contribution in [3.8, 4) is 5.13 Å². The monoisotopic (exact) mass is 277 g/mol. The Kier molecular flexibility index (Phi) is 3.37. The van der Waals surface area contributed by atoms with E-state index in [9.17, 15) is 4.79 Å². The molecule has 100 valence electrons. The zero-order valence-electron chi connectivity index (χ0n) is 10.7. The lowest BCUT2D eigenvalue weighted by Gasteiger charge is -2.21. The number of nitrogens with zero attached hydrogens (tertiary/aromatic N) is 5. The maximum Gasteiger partial charge on any atom is 0.234 e. The molecule has 0 aromatic carbocycles. The van der Waals surface area contributed by atoms with Crippen LogP contribution in [0.15, 0.2) is 0 Å². The molecule has 1 aliphatic rings. The quantitative estimate of drug-likeness (QED) is 0.805. The Morgan fingerprint density at radius 2 is 2.00 bits per heavy atom. The van der Waals surface area contributed by atoms with Gasteiger partial charge in [0.25, 0.3) is 0 Å². The van der Waals surface area contributed by atoms with Gasteiger partial charge in [-0.25, -0.2) is 0 Å².